The van der Waals surface area contributed by atoms with Gasteiger partial charge >= 0.3 is 0 Å². The second-order valence-corrected chi connectivity index (χ2v) is 8.86. The molecule has 6 nitrogen and oxygen atoms in total. The summed E-state index contributed by atoms with van der Waals surface area (Å²) in [6, 6.07) is 7.77. The van der Waals surface area contributed by atoms with E-state index >= 15 is 0 Å². The van der Waals surface area contributed by atoms with Gasteiger partial charge in [0.25, 0.3) is 0 Å². The summed E-state index contributed by atoms with van der Waals surface area (Å²) >= 11 is 6.30. The lowest BCUT2D eigenvalue weighted by molar-refractivity contribution is 0.546. The molecular weight excluding hydrogens is 360 g/mol. The molecule has 7 heteroatoms. The Kier molecular flexibility index (Phi) is 4.54. The largest absolute Gasteiger partial charge is 0.354 e. The fraction of sp³-hybridized carbons (Fsp3) is 0.500. The molecule has 3 heterocycles. The molecule has 0 radical (unpaired) electrons. The smallest absolute Gasteiger partial charge is 0.207 e. The summed E-state index contributed by atoms with van der Waals surface area (Å²) in [5.74, 6) is 2.36. The molecule has 2 aromatic heterocycles. The standard InChI is InChI=1S/C20H25ClN6/c1-13-9-10-26(11-13)18-16-17(22-19(23-18)20(2,3)4)25-27(24-16)12-14-7-5-6-8-15(14)21/h5-8,13H,9-12H2,1-4H3. The van der Waals surface area contributed by atoms with E-state index in [4.69, 9.17) is 26.7 Å². The monoisotopic (exact) mass is 384 g/mol. The maximum Gasteiger partial charge on any atom is 0.207 e. The highest BCUT2D eigenvalue weighted by molar-refractivity contribution is 6.31. The predicted molar refractivity (Wildman–Crippen MR) is 108 cm³/mol. The van der Waals surface area contributed by atoms with Crippen LogP contribution < -0.4 is 4.90 Å². The fourth-order valence-electron chi connectivity index (χ4n) is 3.37. The van der Waals surface area contributed by atoms with E-state index in [2.05, 4.69) is 37.7 Å². The van der Waals surface area contributed by atoms with Crippen molar-refractivity contribution >= 4 is 28.6 Å². The molecule has 142 valence electrons. The summed E-state index contributed by atoms with van der Waals surface area (Å²) < 4.78 is 0. The first-order chi connectivity index (χ1) is 12.8. The Balaban J connectivity index is 1.80. The van der Waals surface area contributed by atoms with Gasteiger partial charge in [0, 0.05) is 23.5 Å². The summed E-state index contributed by atoms with van der Waals surface area (Å²) in [5.41, 5.74) is 2.25. The van der Waals surface area contributed by atoms with E-state index in [0.29, 0.717) is 23.1 Å². The number of rotatable bonds is 3. The lowest BCUT2D eigenvalue weighted by Crippen LogP contribution is -2.24. The minimum atomic E-state index is -0.152. The predicted octanol–water partition coefficient (Wildman–Crippen LogP) is 4.07. The lowest BCUT2D eigenvalue weighted by atomic mass is 9.96. The van der Waals surface area contributed by atoms with Crippen molar-refractivity contribution in [1.82, 2.24) is 25.0 Å². The van der Waals surface area contributed by atoms with Crippen LogP contribution >= 0.6 is 11.6 Å². The van der Waals surface area contributed by atoms with Crippen LogP contribution in [-0.4, -0.2) is 38.1 Å². The topological polar surface area (TPSA) is 59.7 Å². The molecule has 1 unspecified atom stereocenters. The molecule has 0 spiro atoms. The number of anilines is 1. The second kappa shape index (κ2) is 6.75. The molecule has 0 amide bonds. The zero-order valence-corrected chi connectivity index (χ0v) is 17.0. The Morgan fingerprint density at radius 2 is 1.93 bits per heavy atom. The van der Waals surface area contributed by atoms with Gasteiger partial charge in [0.15, 0.2) is 11.3 Å². The SMILES string of the molecule is CC1CCN(c2nc(C(C)(C)C)nc3nn(Cc4ccccc4Cl)nc23)C1. The third kappa shape index (κ3) is 3.63. The Morgan fingerprint density at radius 3 is 2.59 bits per heavy atom. The van der Waals surface area contributed by atoms with Crippen LogP contribution in [-0.2, 0) is 12.0 Å². The molecule has 0 saturated carbocycles. The van der Waals surface area contributed by atoms with Crippen molar-refractivity contribution in [2.45, 2.75) is 46.1 Å². The van der Waals surface area contributed by atoms with E-state index < -0.39 is 0 Å². The zero-order chi connectivity index (χ0) is 19.2. The summed E-state index contributed by atoms with van der Waals surface area (Å²) in [7, 11) is 0. The van der Waals surface area contributed by atoms with Crippen molar-refractivity contribution in [3.05, 3.63) is 40.7 Å². The zero-order valence-electron chi connectivity index (χ0n) is 16.3. The first kappa shape index (κ1) is 18.2. The Morgan fingerprint density at radius 1 is 1.15 bits per heavy atom. The van der Waals surface area contributed by atoms with Crippen LogP contribution in [0.1, 0.15) is 45.5 Å². The molecule has 1 fully saturated rings. The van der Waals surface area contributed by atoms with Gasteiger partial charge in [-0.05, 0) is 24.0 Å². The minimum absolute atomic E-state index is 0.152. The summed E-state index contributed by atoms with van der Waals surface area (Å²) in [6.07, 6.45) is 1.17. The maximum atomic E-state index is 6.30. The average Bonchev–Trinajstić information content (AvgIpc) is 3.21. The summed E-state index contributed by atoms with van der Waals surface area (Å²) in [5, 5.41) is 10.1. The molecular formula is C20H25ClN6. The highest BCUT2D eigenvalue weighted by Crippen LogP contribution is 2.30. The number of nitrogens with zero attached hydrogens (tertiary/aromatic N) is 6. The van der Waals surface area contributed by atoms with E-state index in [0.717, 1.165) is 35.8 Å². The van der Waals surface area contributed by atoms with E-state index in [9.17, 15) is 0 Å². The van der Waals surface area contributed by atoms with Gasteiger partial charge < -0.3 is 4.90 Å². The molecule has 27 heavy (non-hydrogen) atoms. The average molecular weight is 385 g/mol. The molecule has 4 rings (SSSR count). The normalized spacial score (nSPS) is 17.8. The van der Waals surface area contributed by atoms with Crippen LogP contribution in [0.25, 0.3) is 11.2 Å². The fourth-order valence-corrected chi connectivity index (χ4v) is 3.57. The Labute approximate surface area is 164 Å². The van der Waals surface area contributed by atoms with Crippen molar-refractivity contribution in [1.29, 1.82) is 0 Å². The van der Waals surface area contributed by atoms with Crippen LogP contribution in [0.3, 0.4) is 0 Å². The second-order valence-electron chi connectivity index (χ2n) is 8.45. The van der Waals surface area contributed by atoms with Crippen LogP contribution in [0.4, 0.5) is 5.82 Å². The number of halogens is 1. The number of fused-ring (bicyclic) bond motifs is 1. The molecule has 0 bridgehead atoms. The first-order valence-corrected chi connectivity index (χ1v) is 9.81. The number of aromatic nitrogens is 5. The molecule has 1 aliphatic heterocycles. The Bertz CT molecular complexity index is 974. The summed E-state index contributed by atoms with van der Waals surface area (Å²) in [4.78, 5) is 13.6. The molecule has 0 aliphatic carbocycles. The number of hydrogen-bond donors (Lipinski definition) is 0. The van der Waals surface area contributed by atoms with E-state index in [-0.39, 0.29) is 5.41 Å². The quantitative estimate of drug-likeness (QED) is 0.681. The van der Waals surface area contributed by atoms with Gasteiger partial charge in [-0.3, -0.25) is 0 Å². The van der Waals surface area contributed by atoms with Gasteiger partial charge in [-0.2, -0.15) is 4.80 Å². The summed E-state index contributed by atoms with van der Waals surface area (Å²) in [6.45, 7) is 11.1. The highest BCUT2D eigenvalue weighted by Gasteiger charge is 2.27. The van der Waals surface area contributed by atoms with Crippen LogP contribution in [0.5, 0.6) is 0 Å². The third-order valence-corrected chi connectivity index (χ3v) is 5.31. The van der Waals surface area contributed by atoms with E-state index in [1.165, 1.54) is 6.42 Å². The molecule has 1 atom stereocenters. The van der Waals surface area contributed by atoms with Crippen molar-refractivity contribution < 1.29 is 0 Å². The van der Waals surface area contributed by atoms with Gasteiger partial charge in [-0.25, -0.2) is 9.97 Å². The molecule has 3 aromatic rings. The van der Waals surface area contributed by atoms with Crippen molar-refractivity contribution in [2.24, 2.45) is 5.92 Å². The first-order valence-electron chi connectivity index (χ1n) is 9.43. The minimum Gasteiger partial charge on any atom is -0.354 e. The molecule has 1 aliphatic rings. The van der Waals surface area contributed by atoms with E-state index in [1.54, 1.807) is 4.80 Å². The van der Waals surface area contributed by atoms with Crippen LogP contribution in [0.15, 0.2) is 24.3 Å². The highest BCUT2D eigenvalue weighted by atomic mass is 35.5. The van der Waals surface area contributed by atoms with Gasteiger partial charge in [-0.1, -0.05) is 57.5 Å². The van der Waals surface area contributed by atoms with Crippen LogP contribution in [0, 0.1) is 5.92 Å². The van der Waals surface area contributed by atoms with E-state index in [1.807, 2.05) is 24.3 Å². The molecule has 1 saturated heterocycles. The van der Waals surface area contributed by atoms with Crippen molar-refractivity contribution in [2.75, 3.05) is 18.0 Å². The van der Waals surface area contributed by atoms with Gasteiger partial charge in [0.05, 0.1) is 6.54 Å². The number of benzene rings is 1. The van der Waals surface area contributed by atoms with Crippen molar-refractivity contribution in [3.8, 4) is 0 Å². The van der Waals surface area contributed by atoms with Crippen molar-refractivity contribution in [3.63, 3.8) is 0 Å². The Hall–Kier alpha value is -2.21. The van der Waals surface area contributed by atoms with Gasteiger partial charge in [0.1, 0.15) is 5.82 Å². The molecule has 1 aromatic carbocycles. The maximum absolute atomic E-state index is 6.30. The number of hydrogen-bond acceptors (Lipinski definition) is 5. The van der Waals surface area contributed by atoms with Gasteiger partial charge in [0.2, 0.25) is 5.65 Å². The third-order valence-electron chi connectivity index (χ3n) is 4.94. The molecule has 0 N–H and O–H groups in total. The lowest BCUT2D eigenvalue weighted by Gasteiger charge is -2.21. The van der Waals surface area contributed by atoms with Crippen LogP contribution in [0.2, 0.25) is 5.02 Å². The van der Waals surface area contributed by atoms with Gasteiger partial charge in [-0.15, -0.1) is 10.2 Å².